The first-order valence-corrected chi connectivity index (χ1v) is 13.8. The molecular weight excluding hydrogens is 480 g/mol. The maximum atomic E-state index is 2.35. The summed E-state index contributed by atoms with van der Waals surface area (Å²) in [5, 5.41) is 10.2. The van der Waals surface area contributed by atoms with Crippen molar-refractivity contribution in [3.63, 3.8) is 0 Å². The number of benzene rings is 8. The lowest BCUT2D eigenvalue weighted by Gasteiger charge is -2.14. The third-order valence-electron chi connectivity index (χ3n) is 8.20. The molecule has 186 valence electrons. The van der Waals surface area contributed by atoms with Gasteiger partial charge in [0.25, 0.3) is 0 Å². The van der Waals surface area contributed by atoms with Crippen molar-refractivity contribution in [2.45, 2.75) is 0 Å². The zero-order valence-corrected chi connectivity index (χ0v) is 22.0. The third-order valence-corrected chi connectivity index (χ3v) is 8.20. The molecule has 0 aromatic heterocycles. The Balaban J connectivity index is 1.26. The molecule has 8 aromatic carbocycles. The molecule has 0 fully saturated rings. The zero-order chi connectivity index (χ0) is 26.5. The molecule has 8 rings (SSSR count). The highest BCUT2D eigenvalue weighted by Gasteiger charge is 2.12. The van der Waals surface area contributed by atoms with Crippen LogP contribution in [0.15, 0.2) is 158 Å². The largest absolute Gasteiger partial charge is 0.0622 e. The predicted octanol–water partition coefficient (Wildman–Crippen LogP) is 11.3. The predicted molar refractivity (Wildman–Crippen MR) is 173 cm³/mol. The van der Waals surface area contributed by atoms with Crippen molar-refractivity contribution >= 4 is 43.1 Å². The van der Waals surface area contributed by atoms with E-state index in [1.165, 1.54) is 76.5 Å². The Morgan fingerprint density at radius 3 is 1.30 bits per heavy atom. The van der Waals surface area contributed by atoms with Crippen LogP contribution in [0.3, 0.4) is 0 Å². The first kappa shape index (κ1) is 22.8. The molecule has 0 heterocycles. The van der Waals surface area contributed by atoms with E-state index < -0.39 is 0 Å². The van der Waals surface area contributed by atoms with Gasteiger partial charge in [-0.05, 0) is 107 Å². The molecule has 0 amide bonds. The standard InChI is InChI=1S/C40H26/c1-2-9-28(10-3-1)39-25-30-12-6-7-13-31(30)26-40(39)36-19-21-38-35(24-36)17-16-34-23-33(18-20-37(34)38)32-15-14-27-8-4-5-11-29(27)22-32/h1-26H. The van der Waals surface area contributed by atoms with Crippen molar-refractivity contribution in [2.75, 3.05) is 0 Å². The molecule has 0 atom stereocenters. The highest BCUT2D eigenvalue weighted by atomic mass is 14.2. The summed E-state index contributed by atoms with van der Waals surface area (Å²) in [6, 6.07) is 57.7. The first-order valence-electron chi connectivity index (χ1n) is 13.8. The van der Waals surface area contributed by atoms with Crippen LogP contribution in [-0.2, 0) is 0 Å². The zero-order valence-electron chi connectivity index (χ0n) is 22.0. The molecule has 0 saturated carbocycles. The Hall–Kier alpha value is -5.20. The van der Waals surface area contributed by atoms with Crippen LogP contribution in [0.2, 0.25) is 0 Å². The van der Waals surface area contributed by atoms with Gasteiger partial charge in [0, 0.05) is 0 Å². The SMILES string of the molecule is c1ccc(-c2cc3ccccc3cc2-c2ccc3c(ccc4cc(-c5ccc6ccccc6c5)ccc43)c2)cc1. The monoisotopic (exact) mass is 506 g/mol. The van der Waals surface area contributed by atoms with Gasteiger partial charge in [-0.1, -0.05) is 127 Å². The molecule has 0 unspecified atom stereocenters. The topological polar surface area (TPSA) is 0 Å². The first-order chi connectivity index (χ1) is 19.8. The number of hydrogen-bond donors (Lipinski definition) is 0. The summed E-state index contributed by atoms with van der Waals surface area (Å²) in [5.74, 6) is 0. The van der Waals surface area contributed by atoms with Gasteiger partial charge in [-0.25, -0.2) is 0 Å². The smallest absolute Gasteiger partial charge is 0.00988 e. The van der Waals surface area contributed by atoms with Crippen LogP contribution in [0, 0.1) is 0 Å². The van der Waals surface area contributed by atoms with Crippen molar-refractivity contribution in [3.05, 3.63) is 158 Å². The van der Waals surface area contributed by atoms with Crippen molar-refractivity contribution in [3.8, 4) is 33.4 Å². The normalized spacial score (nSPS) is 11.5. The molecule has 0 saturated heterocycles. The fraction of sp³-hybridized carbons (Fsp3) is 0. The minimum absolute atomic E-state index is 1.24. The Bertz CT molecular complexity index is 2200. The quantitative estimate of drug-likeness (QED) is 0.209. The van der Waals surface area contributed by atoms with Crippen LogP contribution in [0.25, 0.3) is 76.5 Å². The summed E-state index contributed by atoms with van der Waals surface area (Å²) in [4.78, 5) is 0. The van der Waals surface area contributed by atoms with Crippen LogP contribution in [-0.4, -0.2) is 0 Å². The summed E-state index contributed by atoms with van der Waals surface area (Å²) in [6.07, 6.45) is 0. The van der Waals surface area contributed by atoms with Gasteiger partial charge in [0.15, 0.2) is 0 Å². The molecule has 0 aliphatic heterocycles. The van der Waals surface area contributed by atoms with Gasteiger partial charge in [0.05, 0.1) is 0 Å². The molecule has 0 radical (unpaired) electrons. The van der Waals surface area contributed by atoms with Crippen LogP contribution in [0.4, 0.5) is 0 Å². The third kappa shape index (κ3) is 3.85. The van der Waals surface area contributed by atoms with E-state index in [-0.39, 0.29) is 0 Å². The summed E-state index contributed by atoms with van der Waals surface area (Å²) >= 11 is 0. The van der Waals surface area contributed by atoms with E-state index in [2.05, 4.69) is 158 Å². The van der Waals surface area contributed by atoms with Gasteiger partial charge in [-0.3, -0.25) is 0 Å². The lowest BCUT2D eigenvalue weighted by Crippen LogP contribution is -1.88. The fourth-order valence-corrected chi connectivity index (χ4v) is 6.12. The minimum atomic E-state index is 1.24. The number of rotatable bonds is 3. The summed E-state index contributed by atoms with van der Waals surface area (Å²) in [6.45, 7) is 0. The average molecular weight is 507 g/mol. The molecule has 0 N–H and O–H groups in total. The van der Waals surface area contributed by atoms with E-state index in [1.807, 2.05) is 0 Å². The molecule has 0 bridgehead atoms. The van der Waals surface area contributed by atoms with Gasteiger partial charge in [0.2, 0.25) is 0 Å². The molecule has 0 spiro atoms. The molecule has 0 aliphatic carbocycles. The van der Waals surface area contributed by atoms with Crippen LogP contribution in [0.5, 0.6) is 0 Å². The molecule has 40 heavy (non-hydrogen) atoms. The highest BCUT2D eigenvalue weighted by Crippen LogP contribution is 2.38. The second-order valence-electron chi connectivity index (χ2n) is 10.6. The number of fused-ring (bicyclic) bond motifs is 5. The average Bonchev–Trinajstić information content (AvgIpc) is 3.03. The van der Waals surface area contributed by atoms with Crippen molar-refractivity contribution in [1.82, 2.24) is 0 Å². The molecule has 0 aliphatic rings. The van der Waals surface area contributed by atoms with E-state index in [0.717, 1.165) is 0 Å². The van der Waals surface area contributed by atoms with Crippen molar-refractivity contribution in [2.24, 2.45) is 0 Å². The van der Waals surface area contributed by atoms with Gasteiger partial charge in [-0.15, -0.1) is 0 Å². The van der Waals surface area contributed by atoms with Gasteiger partial charge in [-0.2, -0.15) is 0 Å². The minimum Gasteiger partial charge on any atom is -0.0622 e. The van der Waals surface area contributed by atoms with Crippen LogP contribution < -0.4 is 0 Å². The summed E-state index contributed by atoms with van der Waals surface area (Å²) < 4.78 is 0. The van der Waals surface area contributed by atoms with Crippen molar-refractivity contribution in [1.29, 1.82) is 0 Å². The van der Waals surface area contributed by atoms with Crippen LogP contribution in [0.1, 0.15) is 0 Å². The Labute approximate surface area is 233 Å². The lowest BCUT2D eigenvalue weighted by molar-refractivity contribution is 1.62. The van der Waals surface area contributed by atoms with Gasteiger partial charge < -0.3 is 0 Å². The van der Waals surface area contributed by atoms with Gasteiger partial charge >= 0.3 is 0 Å². The fourth-order valence-electron chi connectivity index (χ4n) is 6.12. The lowest BCUT2D eigenvalue weighted by atomic mass is 9.90. The summed E-state index contributed by atoms with van der Waals surface area (Å²) in [5.41, 5.74) is 7.50. The van der Waals surface area contributed by atoms with Crippen molar-refractivity contribution < 1.29 is 0 Å². The molecule has 0 nitrogen and oxygen atoms in total. The van der Waals surface area contributed by atoms with E-state index in [4.69, 9.17) is 0 Å². The van der Waals surface area contributed by atoms with E-state index >= 15 is 0 Å². The molecule has 8 aromatic rings. The van der Waals surface area contributed by atoms with E-state index in [1.54, 1.807) is 0 Å². The Kier molecular flexibility index (Phi) is 5.24. The molecular formula is C40H26. The second-order valence-corrected chi connectivity index (χ2v) is 10.6. The van der Waals surface area contributed by atoms with E-state index in [9.17, 15) is 0 Å². The second kappa shape index (κ2) is 9.22. The maximum Gasteiger partial charge on any atom is -0.00988 e. The summed E-state index contributed by atoms with van der Waals surface area (Å²) in [7, 11) is 0. The Morgan fingerprint density at radius 1 is 0.225 bits per heavy atom. The van der Waals surface area contributed by atoms with Gasteiger partial charge in [0.1, 0.15) is 0 Å². The molecule has 0 heteroatoms. The maximum absolute atomic E-state index is 2.35. The van der Waals surface area contributed by atoms with E-state index in [0.29, 0.717) is 0 Å². The number of hydrogen-bond acceptors (Lipinski definition) is 0. The van der Waals surface area contributed by atoms with Crippen LogP contribution >= 0.6 is 0 Å². The highest BCUT2D eigenvalue weighted by molar-refractivity contribution is 6.10. The Morgan fingerprint density at radius 2 is 0.650 bits per heavy atom.